The third-order valence-corrected chi connectivity index (χ3v) is 5.90. The lowest BCUT2D eigenvalue weighted by Crippen LogP contribution is -2.52. The van der Waals surface area contributed by atoms with E-state index in [1.54, 1.807) is 0 Å². The van der Waals surface area contributed by atoms with Crippen molar-refractivity contribution in [2.45, 2.75) is 25.9 Å². The van der Waals surface area contributed by atoms with Gasteiger partial charge in [-0.1, -0.05) is 55.5 Å². The zero-order valence-electron chi connectivity index (χ0n) is 18.3. The van der Waals surface area contributed by atoms with E-state index in [0.717, 1.165) is 56.5 Å². The van der Waals surface area contributed by atoms with Crippen molar-refractivity contribution in [3.8, 4) is 11.4 Å². The number of rotatable bonds is 6. The van der Waals surface area contributed by atoms with Gasteiger partial charge in [-0.15, -0.1) is 0 Å². The first-order valence-corrected chi connectivity index (χ1v) is 11.0. The first-order chi connectivity index (χ1) is 15.3. The van der Waals surface area contributed by atoms with Crippen LogP contribution in [0.1, 0.15) is 30.5 Å². The van der Waals surface area contributed by atoms with Crippen molar-refractivity contribution in [3.05, 3.63) is 72.1 Å². The Morgan fingerprint density at radius 1 is 1.10 bits per heavy atom. The quantitative estimate of drug-likeness (QED) is 0.476. The fourth-order valence-electron chi connectivity index (χ4n) is 4.31. The molecule has 0 bridgehead atoms. The van der Waals surface area contributed by atoms with Crippen molar-refractivity contribution in [2.24, 2.45) is 4.99 Å². The molecule has 1 unspecified atom stereocenters. The standard InChI is InChI=1S/C24H31N7/c1-3-22(20-9-5-4-6-10-20)30-12-14-31(15-13-30)24(25-2)26-17-19-8-7-11-21(16-19)23-27-18-28-29-23/h4-11,16,18,22H,3,12-15,17H2,1-2H3,(H,25,26)(H,27,28,29). The minimum atomic E-state index is 0.483. The molecule has 1 atom stereocenters. The minimum absolute atomic E-state index is 0.483. The molecule has 7 heteroatoms. The molecule has 3 aromatic rings. The number of aromatic amines is 1. The molecular formula is C24H31N7. The van der Waals surface area contributed by atoms with Crippen molar-refractivity contribution >= 4 is 5.96 Å². The fourth-order valence-corrected chi connectivity index (χ4v) is 4.31. The Balaban J connectivity index is 1.33. The summed E-state index contributed by atoms with van der Waals surface area (Å²) in [7, 11) is 1.86. The van der Waals surface area contributed by atoms with Crippen LogP contribution >= 0.6 is 0 Å². The van der Waals surface area contributed by atoms with Crippen molar-refractivity contribution in [1.82, 2.24) is 30.3 Å². The third kappa shape index (κ3) is 5.11. The molecule has 0 amide bonds. The summed E-state index contributed by atoms with van der Waals surface area (Å²) in [4.78, 5) is 13.7. The van der Waals surface area contributed by atoms with Crippen LogP contribution in [0, 0.1) is 0 Å². The Labute approximate surface area is 184 Å². The van der Waals surface area contributed by atoms with Gasteiger partial charge in [-0.25, -0.2) is 4.98 Å². The van der Waals surface area contributed by atoms with Crippen LogP contribution in [0.3, 0.4) is 0 Å². The number of nitrogens with one attached hydrogen (secondary N) is 2. The van der Waals surface area contributed by atoms with E-state index in [-0.39, 0.29) is 0 Å². The van der Waals surface area contributed by atoms with E-state index in [1.807, 2.05) is 19.2 Å². The summed E-state index contributed by atoms with van der Waals surface area (Å²) in [6.45, 7) is 7.01. The van der Waals surface area contributed by atoms with Gasteiger partial charge in [-0.05, 0) is 23.6 Å². The first-order valence-electron chi connectivity index (χ1n) is 11.0. The van der Waals surface area contributed by atoms with Crippen LogP contribution in [0.2, 0.25) is 0 Å². The smallest absolute Gasteiger partial charge is 0.194 e. The Kier molecular flexibility index (Phi) is 6.94. The number of hydrogen-bond donors (Lipinski definition) is 2. The Hall–Kier alpha value is -3.19. The number of nitrogens with zero attached hydrogens (tertiary/aromatic N) is 5. The zero-order chi connectivity index (χ0) is 21.5. The van der Waals surface area contributed by atoms with Gasteiger partial charge in [0.15, 0.2) is 11.8 Å². The second kappa shape index (κ2) is 10.2. The number of hydrogen-bond acceptors (Lipinski definition) is 4. The highest BCUT2D eigenvalue weighted by Crippen LogP contribution is 2.25. The van der Waals surface area contributed by atoms with Crippen LogP contribution in [0.25, 0.3) is 11.4 Å². The molecular weight excluding hydrogens is 386 g/mol. The van der Waals surface area contributed by atoms with E-state index in [9.17, 15) is 0 Å². The molecule has 31 heavy (non-hydrogen) atoms. The normalized spacial score (nSPS) is 16.3. The van der Waals surface area contributed by atoms with Crippen molar-refractivity contribution in [1.29, 1.82) is 0 Å². The number of aromatic nitrogens is 3. The predicted octanol–water partition coefficient (Wildman–Crippen LogP) is 3.32. The molecule has 1 aliphatic heterocycles. The molecule has 1 fully saturated rings. The molecule has 2 heterocycles. The number of benzene rings is 2. The lowest BCUT2D eigenvalue weighted by Gasteiger charge is -2.40. The zero-order valence-corrected chi connectivity index (χ0v) is 18.3. The highest BCUT2D eigenvalue weighted by molar-refractivity contribution is 5.80. The van der Waals surface area contributed by atoms with Crippen LogP contribution in [0.5, 0.6) is 0 Å². The molecule has 0 spiro atoms. The van der Waals surface area contributed by atoms with Gasteiger partial charge in [0.2, 0.25) is 0 Å². The Morgan fingerprint density at radius 2 is 1.90 bits per heavy atom. The maximum Gasteiger partial charge on any atom is 0.194 e. The summed E-state index contributed by atoms with van der Waals surface area (Å²) in [5, 5.41) is 10.4. The molecule has 0 aliphatic carbocycles. The fraction of sp³-hybridized carbons (Fsp3) is 0.375. The maximum absolute atomic E-state index is 4.53. The number of aliphatic imine (C=N–C) groups is 1. The van der Waals surface area contributed by atoms with Crippen LogP contribution < -0.4 is 5.32 Å². The summed E-state index contributed by atoms with van der Waals surface area (Å²) >= 11 is 0. The van der Waals surface area contributed by atoms with E-state index < -0.39 is 0 Å². The first kappa shape index (κ1) is 21.1. The van der Waals surface area contributed by atoms with Crippen molar-refractivity contribution in [2.75, 3.05) is 33.2 Å². The molecule has 1 aromatic heterocycles. The maximum atomic E-state index is 4.53. The number of H-pyrrole nitrogens is 1. The molecule has 1 aliphatic rings. The summed E-state index contributed by atoms with van der Waals surface area (Å²) in [5.74, 6) is 1.74. The van der Waals surface area contributed by atoms with Gasteiger partial charge >= 0.3 is 0 Å². The molecule has 0 radical (unpaired) electrons. The number of piperazine rings is 1. The summed E-state index contributed by atoms with van der Waals surface area (Å²) < 4.78 is 0. The molecule has 4 rings (SSSR count). The summed E-state index contributed by atoms with van der Waals surface area (Å²) in [6, 6.07) is 19.7. The van der Waals surface area contributed by atoms with Gasteiger partial charge in [-0.2, -0.15) is 5.10 Å². The second-order valence-electron chi connectivity index (χ2n) is 7.79. The van der Waals surface area contributed by atoms with Crippen LogP contribution in [0.4, 0.5) is 0 Å². The van der Waals surface area contributed by atoms with Gasteiger partial charge in [0.05, 0.1) is 0 Å². The predicted molar refractivity (Wildman–Crippen MR) is 125 cm³/mol. The lowest BCUT2D eigenvalue weighted by atomic mass is 10.0. The highest BCUT2D eigenvalue weighted by Gasteiger charge is 2.25. The SMILES string of the molecule is CCC(c1ccccc1)N1CCN(C(=NC)NCc2cccc(-c3ncn[nH]3)c2)CC1. The van der Waals surface area contributed by atoms with Crippen LogP contribution in [0.15, 0.2) is 65.9 Å². The average molecular weight is 418 g/mol. The van der Waals surface area contributed by atoms with Crippen molar-refractivity contribution < 1.29 is 0 Å². The van der Waals surface area contributed by atoms with E-state index in [4.69, 9.17) is 0 Å². The summed E-state index contributed by atoms with van der Waals surface area (Å²) in [5.41, 5.74) is 3.63. The second-order valence-corrected chi connectivity index (χ2v) is 7.79. The molecule has 2 N–H and O–H groups in total. The molecule has 0 saturated carbocycles. The van der Waals surface area contributed by atoms with Crippen molar-refractivity contribution in [3.63, 3.8) is 0 Å². The van der Waals surface area contributed by atoms with Crippen LogP contribution in [-0.2, 0) is 6.54 Å². The Morgan fingerprint density at radius 3 is 2.58 bits per heavy atom. The molecule has 1 saturated heterocycles. The Bertz CT molecular complexity index is 961. The van der Waals surface area contributed by atoms with Gasteiger partial charge in [-0.3, -0.25) is 15.0 Å². The third-order valence-electron chi connectivity index (χ3n) is 5.90. The topological polar surface area (TPSA) is 72.4 Å². The van der Waals surface area contributed by atoms with E-state index in [0.29, 0.717) is 6.04 Å². The monoisotopic (exact) mass is 417 g/mol. The number of guanidine groups is 1. The minimum Gasteiger partial charge on any atom is -0.352 e. The van der Waals surface area contributed by atoms with E-state index in [1.165, 1.54) is 17.5 Å². The van der Waals surface area contributed by atoms with Gasteiger partial charge < -0.3 is 10.2 Å². The highest BCUT2D eigenvalue weighted by atomic mass is 15.3. The van der Waals surface area contributed by atoms with Gasteiger partial charge in [0, 0.05) is 51.4 Å². The molecule has 2 aromatic carbocycles. The summed E-state index contributed by atoms with van der Waals surface area (Å²) in [6.07, 6.45) is 2.65. The largest absolute Gasteiger partial charge is 0.352 e. The van der Waals surface area contributed by atoms with E-state index in [2.05, 4.69) is 84.7 Å². The van der Waals surface area contributed by atoms with Gasteiger partial charge in [0.1, 0.15) is 6.33 Å². The molecule has 162 valence electrons. The van der Waals surface area contributed by atoms with Gasteiger partial charge in [0.25, 0.3) is 0 Å². The van der Waals surface area contributed by atoms with E-state index >= 15 is 0 Å². The average Bonchev–Trinajstić information content (AvgIpc) is 3.37. The molecule has 7 nitrogen and oxygen atoms in total. The lowest BCUT2D eigenvalue weighted by molar-refractivity contribution is 0.127. The van der Waals surface area contributed by atoms with Crippen LogP contribution in [-0.4, -0.2) is 64.2 Å².